The molecule has 168 valence electrons. The Morgan fingerprint density at radius 3 is 1.38 bits per heavy atom. The highest BCUT2D eigenvalue weighted by Gasteiger charge is 2.37. The molecule has 0 amide bonds. The molecule has 0 fully saturated rings. The van der Waals surface area contributed by atoms with Gasteiger partial charge in [0.15, 0.2) is 0 Å². The lowest BCUT2D eigenvalue weighted by molar-refractivity contribution is -0.139. The van der Waals surface area contributed by atoms with Crippen molar-refractivity contribution >= 4 is 20.5 Å². The predicted octanol–water partition coefficient (Wildman–Crippen LogP) is 5.08. The van der Waals surface area contributed by atoms with E-state index in [2.05, 4.69) is 27.0 Å². The van der Waals surface area contributed by atoms with Gasteiger partial charge in [-0.3, -0.25) is 0 Å². The van der Waals surface area contributed by atoms with E-state index in [1.54, 1.807) is 13.8 Å². The van der Waals surface area contributed by atoms with Gasteiger partial charge in [-0.2, -0.15) is 0 Å². The van der Waals surface area contributed by atoms with Gasteiger partial charge in [0.05, 0.1) is 13.2 Å². The van der Waals surface area contributed by atoms with Crippen molar-refractivity contribution in [3.8, 4) is 0 Å². The van der Waals surface area contributed by atoms with Gasteiger partial charge >= 0.3 is 20.5 Å². The molecule has 0 aliphatic heterocycles. The van der Waals surface area contributed by atoms with Crippen molar-refractivity contribution in [1.29, 1.82) is 0 Å². The third kappa shape index (κ3) is 13.4. The van der Waals surface area contributed by atoms with E-state index in [4.69, 9.17) is 18.3 Å². The molecule has 0 aliphatic rings. The molecule has 0 saturated heterocycles. The van der Waals surface area contributed by atoms with Crippen LogP contribution >= 0.6 is 0 Å². The first-order valence-corrected chi connectivity index (χ1v) is 12.9. The van der Waals surface area contributed by atoms with E-state index < -0.39 is 8.56 Å². The lowest BCUT2D eigenvalue weighted by atomic mass is 10.4. The van der Waals surface area contributed by atoms with Crippen molar-refractivity contribution in [2.75, 3.05) is 26.4 Å². The summed E-state index contributed by atoms with van der Waals surface area (Å²) in [5, 5.41) is 0. The molecule has 0 N–H and O–H groups in total. The van der Waals surface area contributed by atoms with Crippen LogP contribution in [0.4, 0.5) is 0 Å². The van der Waals surface area contributed by atoms with Gasteiger partial charge in [0, 0.05) is 24.4 Å². The van der Waals surface area contributed by atoms with E-state index in [0.29, 0.717) is 50.4 Å². The van der Waals surface area contributed by atoms with Crippen molar-refractivity contribution in [1.82, 2.24) is 0 Å². The smallest absolute Gasteiger partial charge is 0.338 e. The molecule has 0 aromatic heterocycles. The first-order valence-electron chi connectivity index (χ1n) is 10.7. The fourth-order valence-corrected chi connectivity index (χ4v) is 5.83. The van der Waals surface area contributed by atoms with Crippen LogP contribution in [0.5, 0.6) is 0 Å². The molecule has 0 unspecified atom stereocenters. The third-order valence-corrected chi connectivity index (χ3v) is 7.98. The molecular formula is C22H40O6Si. The maximum atomic E-state index is 11.6. The number of esters is 2. The van der Waals surface area contributed by atoms with E-state index in [1.165, 1.54) is 0 Å². The Bertz CT molecular complexity index is 471. The first-order chi connectivity index (χ1) is 13.8. The lowest BCUT2D eigenvalue weighted by Crippen LogP contribution is -2.43. The Hall–Kier alpha value is -1.44. The minimum atomic E-state index is -2.50. The van der Waals surface area contributed by atoms with Crippen molar-refractivity contribution in [3.05, 3.63) is 24.3 Å². The minimum Gasteiger partial charge on any atom is -0.462 e. The molecule has 0 spiro atoms. The highest BCUT2D eigenvalue weighted by atomic mass is 28.4. The summed E-state index contributed by atoms with van der Waals surface area (Å²) in [4.78, 5) is 23.2. The number of unbranched alkanes of at least 4 members (excludes halogenated alkanes) is 2. The Morgan fingerprint density at radius 1 is 0.690 bits per heavy atom. The summed E-state index contributed by atoms with van der Waals surface area (Å²) in [7, 11) is -2.50. The number of ether oxygens (including phenoxy) is 2. The summed E-state index contributed by atoms with van der Waals surface area (Å²) in [6, 6.07) is 1.47. The molecule has 0 heterocycles. The van der Waals surface area contributed by atoms with Crippen LogP contribution in [0.2, 0.25) is 12.1 Å². The minimum absolute atomic E-state index is 0.319. The summed E-state index contributed by atoms with van der Waals surface area (Å²) >= 11 is 0. The highest BCUT2D eigenvalue weighted by molar-refractivity contribution is 6.67. The molecule has 7 heteroatoms. The van der Waals surface area contributed by atoms with Crippen LogP contribution in [0, 0.1) is 0 Å². The average molecular weight is 429 g/mol. The zero-order valence-electron chi connectivity index (χ0n) is 18.8. The molecule has 6 nitrogen and oxygen atoms in total. The van der Waals surface area contributed by atoms with Gasteiger partial charge in [-0.05, 0) is 51.6 Å². The molecule has 0 bridgehead atoms. The van der Waals surface area contributed by atoms with Gasteiger partial charge in [-0.1, -0.05) is 39.8 Å². The van der Waals surface area contributed by atoms with Crippen LogP contribution in [-0.2, 0) is 27.9 Å². The molecule has 0 aromatic rings. The van der Waals surface area contributed by atoms with Crippen LogP contribution in [0.3, 0.4) is 0 Å². The third-order valence-electron chi connectivity index (χ3n) is 4.29. The van der Waals surface area contributed by atoms with Crippen molar-refractivity contribution in [2.45, 2.75) is 78.3 Å². The standard InChI is InChI=1S/C22H40O6Si/c1-7-9-15-27-29(28-16-10-8-2,17-11-13-25-21(23)19(3)4)18-12-14-26-22(24)20(5)6/h3,5,7-18H2,1-2,4,6H3. The van der Waals surface area contributed by atoms with Crippen LogP contribution in [0.25, 0.3) is 0 Å². The van der Waals surface area contributed by atoms with E-state index in [-0.39, 0.29) is 11.9 Å². The molecule has 0 aromatic carbocycles. The Balaban J connectivity index is 4.88. The average Bonchev–Trinajstić information content (AvgIpc) is 2.68. The van der Waals surface area contributed by atoms with E-state index in [1.807, 2.05) is 0 Å². The second-order valence-electron chi connectivity index (χ2n) is 7.35. The number of rotatable bonds is 18. The molecule has 29 heavy (non-hydrogen) atoms. The number of carbonyl (C=O) groups excluding carboxylic acids is 2. The summed E-state index contributed by atoms with van der Waals surface area (Å²) < 4.78 is 23.1. The summed E-state index contributed by atoms with van der Waals surface area (Å²) in [6.45, 7) is 16.7. The van der Waals surface area contributed by atoms with Gasteiger partial charge in [0.2, 0.25) is 0 Å². The lowest BCUT2D eigenvalue weighted by Gasteiger charge is -2.31. The summed E-state index contributed by atoms with van der Waals surface area (Å²) in [6.07, 6.45) is 5.39. The predicted molar refractivity (Wildman–Crippen MR) is 118 cm³/mol. The molecule has 0 rings (SSSR count). The zero-order valence-corrected chi connectivity index (χ0v) is 19.8. The number of hydrogen-bond donors (Lipinski definition) is 0. The van der Waals surface area contributed by atoms with Crippen LogP contribution in [0.15, 0.2) is 24.3 Å². The van der Waals surface area contributed by atoms with Crippen molar-refractivity contribution < 1.29 is 27.9 Å². The normalized spacial score (nSPS) is 11.2. The molecule has 0 radical (unpaired) electrons. The summed E-state index contributed by atoms with van der Waals surface area (Å²) in [5.74, 6) is -0.745. The van der Waals surface area contributed by atoms with Crippen LogP contribution in [-0.4, -0.2) is 46.9 Å². The number of hydrogen-bond acceptors (Lipinski definition) is 6. The Labute approximate surface area is 177 Å². The molecule has 0 saturated carbocycles. The van der Waals surface area contributed by atoms with Crippen molar-refractivity contribution in [2.24, 2.45) is 0 Å². The molecule has 0 atom stereocenters. The largest absolute Gasteiger partial charge is 0.462 e. The monoisotopic (exact) mass is 428 g/mol. The van der Waals surface area contributed by atoms with E-state index in [9.17, 15) is 9.59 Å². The first kappa shape index (κ1) is 27.6. The maximum absolute atomic E-state index is 11.6. The van der Waals surface area contributed by atoms with Crippen LogP contribution < -0.4 is 0 Å². The van der Waals surface area contributed by atoms with Crippen LogP contribution in [0.1, 0.15) is 66.2 Å². The van der Waals surface area contributed by atoms with E-state index >= 15 is 0 Å². The van der Waals surface area contributed by atoms with Gasteiger partial charge < -0.3 is 18.3 Å². The van der Waals surface area contributed by atoms with Gasteiger partial charge in [-0.25, -0.2) is 9.59 Å². The Morgan fingerprint density at radius 2 is 1.07 bits per heavy atom. The second-order valence-corrected chi connectivity index (χ2v) is 10.8. The summed E-state index contributed by atoms with van der Waals surface area (Å²) in [5.41, 5.74) is 0.789. The van der Waals surface area contributed by atoms with Crippen molar-refractivity contribution in [3.63, 3.8) is 0 Å². The van der Waals surface area contributed by atoms with Gasteiger partial charge in [-0.15, -0.1) is 0 Å². The topological polar surface area (TPSA) is 71.1 Å². The SMILES string of the molecule is C=C(C)C(=O)OCCC[Si](CCCOC(=O)C(=C)C)(OCCCC)OCCCC. The maximum Gasteiger partial charge on any atom is 0.338 e. The highest BCUT2D eigenvalue weighted by Crippen LogP contribution is 2.24. The fourth-order valence-electron chi connectivity index (χ4n) is 2.52. The Kier molecular flexibility index (Phi) is 15.6. The van der Waals surface area contributed by atoms with Gasteiger partial charge in [0.25, 0.3) is 0 Å². The van der Waals surface area contributed by atoms with E-state index in [0.717, 1.165) is 37.8 Å². The quantitative estimate of drug-likeness (QED) is 0.131. The second kappa shape index (κ2) is 16.4. The number of carbonyl (C=O) groups is 2. The molecule has 0 aliphatic carbocycles. The zero-order chi connectivity index (χ0) is 22.1. The van der Waals surface area contributed by atoms with Gasteiger partial charge in [0.1, 0.15) is 0 Å². The molecular weight excluding hydrogens is 388 g/mol. The fraction of sp³-hybridized carbons (Fsp3) is 0.727.